The molecule has 0 spiro atoms. The molecular formula is C17H18N2O. The molecular weight excluding hydrogens is 248 g/mol. The lowest BCUT2D eigenvalue weighted by Crippen LogP contribution is -2.11. The van der Waals surface area contributed by atoms with Gasteiger partial charge in [0.1, 0.15) is 11.8 Å². The molecule has 2 aromatic rings. The molecule has 1 unspecified atom stereocenters. The van der Waals surface area contributed by atoms with Crippen molar-refractivity contribution in [3.8, 4) is 11.8 Å². The van der Waals surface area contributed by atoms with Gasteiger partial charge in [-0.25, -0.2) is 0 Å². The first kappa shape index (κ1) is 14.0. The minimum Gasteiger partial charge on any atom is -0.495 e. The highest BCUT2D eigenvalue weighted by Gasteiger charge is 2.14. The maximum atomic E-state index is 9.47. The van der Waals surface area contributed by atoms with Gasteiger partial charge in [-0.15, -0.1) is 0 Å². The summed E-state index contributed by atoms with van der Waals surface area (Å²) in [5, 5.41) is 12.7. The zero-order valence-electron chi connectivity index (χ0n) is 12.0. The zero-order valence-corrected chi connectivity index (χ0v) is 12.0. The molecule has 0 bridgehead atoms. The molecule has 20 heavy (non-hydrogen) atoms. The smallest absolute Gasteiger partial charge is 0.141 e. The number of aryl methyl sites for hydroxylation is 2. The Hall–Kier alpha value is -2.47. The minimum atomic E-state index is -0.397. The third-order valence-electron chi connectivity index (χ3n) is 3.28. The van der Waals surface area contributed by atoms with Crippen molar-refractivity contribution in [2.45, 2.75) is 19.9 Å². The Balaban J connectivity index is 2.34. The molecule has 0 saturated heterocycles. The van der Waals surface area contributed by atoms with Gasteiger partial charge in [0.15, 0.2) is 0 Å². The molecule has 0 aliphatic rings. The largest absolute Gasteiger partial charge is 0.495 e. The second-order valence-electron chi connectivity index (χ2n) is 4.77. The first-order valence-corrected chi connectivity index (χ1v) is 6.52. The molecule has 1 atom stereocenters. The fourth-order valence-corrected chi connectivity index (χ4v) is 2.17. The molecule has 0 fully saturated rings. The standard InChI is InChI=1S/C17H18N2O/c1-12-8-9-13(2)14(10-12)16(11-18)19-15-6-4-5-7-17(15)20-3/h4-10,16,19H,1-3H3. The molecule has 0 radical (unpaired) electrons. The average molecular weight is 266 g/mol. The van der Waals surface area contributed by atoms with Gasteiger partial charge in [-0.1, -0.05) is 35.9 Å². The van der Waals surface area contributed by atoms with Crippen molar-refractivity contribution in [3.05, 3.63) is 59.2 Å². The SMILES string of the molecule is COc1ccccc1NC(C#N)c1cc(C)ccc1C. The van der Waals surface area contributed by atoms with Crippen molar-refractivity contribution < 1.29 is 4.74 Å². The lowest BCUT2D eigenvalue weighted by atomic mass is 9.99. The number of nitriles is 1. The fourth-order valence-electron chi connectivity index (χ4n) is 2.17. The maximum absolute atomic E-state index is 9.47. The first-order valence-electron chi connectivity index (χ1n) is 6.52. The number of para-hydroxylation sites is 2. The number of ether oxygens (including phenoxy) is 1. The van der Waals surface area contributed by atoms with Crippen LogP contribution in [0, 0.1) is 25.2 Å². The van der Waals surface area contributed by atoms with Crippen LogP contribution < -0.4 is 10.1 Å². The average Bonchev–Trinajstić information content (AvgIpc) is 2.48. The summed E-state index contributed by atoms with van der Waals surface area (Å²) in [6, 6.07) is 15.7. The van der Waals surface area contributed by atoms with E-state index < -0.39 is 6.04 Å². The third-order valence-corrected chi connectivity index (χ3v) is 3.28. The second-order valence-corrected chi connectivity index (χ2v) is 4.77. The fraction of sp³-hybridized carbons (Fsp3) is 0.235. The van der Waals surface area contributed by atoms with E-state index in [4.69, 9.17) is 4.74 Å². The molecule has 102 valence electrons. The van der Waals surface area contributed by atoms with E-state index in [0.717, 1.165) is 28.1 Å². The molecule has 0 aliphatic heterocycles. The number of hydrogen-bond donors (Lipinski definition) is 1. The highest BCUT2D eigenvalue weighted by Crippen LogP contribution is 2.29. The number of nitrogens with zero attached hydrogens (tertiary/aromatic N) is 1. The Kier molecular flexibility index (Phi) is 4.27. The molecule has 2 rings (SSSR count). The van der Waals surface area contributed by atoms with Gasteiger partial charge >= 0.3 is 0 Å². The van der Waals surface area contributed by atoms with Gasteiger partial charge in [0.25, 0.3) is 0 Å². The monoisotopic (exact) mass is 266 g/mol. The summed E-state index contributed by atoms with van der Waals surface area (Å²) < 4.78 is 5.31. The van der Waals surface area contributed by atoms with E-state index in [1.165, 1.54) is 0 Å². The van der Waals surface area contributed by atoms with Crippen LogP contribution in [0.3, 0.4) is 0 Å². The van der Waals surface area contributed by atoms with E-state index >= 15 is 0 Å². The van der Waals surface area contributed by atoms with Crippen LogP contribution in [0.1, 0.15) is 22.7 Å². The van der Waals surface area contributed by atoms with Gasteiger partial charge in [-0.05, 0) is 37.1 Å². The normalized spacial score (nSPS) is 11.5. The van der Waals surface area contributed by atoms with Crippen LogP contribution in [0.2, 0.25) is 0 Å². The highest BCUT2D eigenvalue weighted by atomic mass is 16.5. The number of rotatable bonds is 4. The van der Waals surface area contributed by atoms with Crippen molar-refractivity contribution in [3.63, 3.8) is 0 Å². The van der Waals surface area contributed by atoms with Crippen molar-refractivity contribution in [2.24, 2.45) is 0 Å². The van der Waals surface area contributed by atoms with E-state index in [0.29, 0.717) is 0 Å². The summed E-state index contributed by atoms with van der Waals surface area (Å²) in [5.41, 5.74) is 4.07. The van der Waals surface area contributed by atoms with Crippen LogP contribution in [0.4, 0.5) is 5.69 Å². The number of benzene rings is 2. The van der Waals surface area contributed by atoms with Gasteiger partial charge in [0, 0.05) is 0 Å². The predicted octanol–water partition coefficient (Wildman–Crippen LogP) is 3.99. The second kappa shape index (κ2) is 6.12. The van der Waals surface area contributed by atoms with E-state index in [1.54, 1.807) is 7.11 Å². The first-order chi connectivity index (χ1) is 9.65. The molecule has 0 aromatic heterocycles. The number of methoxy groups -OCH3 is 1. The summed E-state index contributed by atoms with van der Waals surface area (Å²) in [4.78, 5) is 0. The van der Waals surface area contributed by atoms with E-state index in [2.05, 4.69) is 17.5 Å². The molecule has 0 amide bonds. The van der Waals surface area contributed by atoms with Crippen LogP contribution in [0.25, 0.3) is 0 Å². The van der Waals surface area contributed by atoms with E-state index in [-0.39, 0.29) is 0 Å². The molecule has 2 aromatic carbocycles. The molecule has 0 aliphatic carbocycles. The quantitative estimate of drug-likeness (QED) is 0.910. The zero-order chi connectivity index (χ0) is 14.5. The van der Waals surface area contributed by atoms with E-state index in [1.807, 2.05) is 50.2 Å². The predicted molar refractivity (Wildman–Crippen MR) is 80.9 cm³/mol. The highest BCUT2D eigenvalue weighted by molar-refractivity contribution is 5.58. The van der Waals surface area contributed by atoms with Gasteiger partial charge in [-0.2, -0.15) is 5.26 Å². The van der Waals surface area contributed by atoms with Crippen molar-refractivity contribution in [2.75, 3.05) is 12.4 Å². The van der Waals surface area contributed by atoms with Gasteiger partial charge in [0.05, 0.1) is 18.9 Å². The van der Waals surface area contributed by atoms with Crippen molar-refractivity contribution in [1.82, 2.24) is 0 Å². The Bertz CT molecular complexity index is 644. The molecule has 3 nitrogen and oxygen atoms in total. The Morgan fingerprint density at radius 3 is 2.60 bits per heavy atom. The van der Waals surface area contributed by atoms with Crippen LogP contribution in [0.5, 0.6) is 5.75 Å². The molecule has 1 N–H and O–H groups in total. The number of nitrogens with one attached hydrogen (secondary N) is 1. The van der Waals surface area contributed by atoms with Crippen LogP contribution in [-0.2, 0) is 0 Å². The summed E-state index contributed by atoms with van der Waals surface area (Å²) in [6.45, 7) is 4.05. The number of hydrogen-bond acceptors (Lipinski definition) is 3. The van der Waals surface area contributed by atoms with Gasteiger partial charge in [-0.3, -0.25) is 0 Å². The lowest BCUT2D eigenvalue weighted by molar-refractivity contribution is 0.416. The van der Waals surface area contributed by atoms with Crippen molar-refractivity contribution >= 4 is 5.69 Å². The van der Waals surface area contributed by atoms with Gasteiger partial charge < -0.3 is 10.1 Å². The Morgan fingerprint density at radius 2 is 1.90 bits per heavy atom. The lowest BCUT2D eigenvalue weighted by Gasteiger charge is -2.18. The summed E-state index contributed by atoms with van der Waals surface area (Å²) >= 11 is 0. The molecule has 0 heterocycles. The van der Waals surface area contributed by atoms with Crippen LogP contribution in [0.15, 0.2) is 42.5 Å². The topological polar surface area (TPSA) is 45.0 Å². The van der Waals surface area contributed by atoms with Crippen LogP contribution in [-0.4, -0.2) is 7.11 Å². The summed E-state index contributed by atoms with van der Waals surface area (Å²) in [7, 11) is 1.62. The summed E-state index contributed by atoms with van der Waals surface area (Å²) in [5.74, 6) is 0.734. The summed E-state index contributed by atoms with van der Waals surface area (Å²) in [6.07, 6.45) is 0. The van der Waals surface area contributed by atoms with Crippen molar-refractivity contribution in [1.29, 1.82) is 5.26 Å². The van der Waals surface area contributed by atoms with Crippen LogP contribution >= 0.6 is 0 Å². The Labute approximate surface area is 119 Å². The third kappa shape index (κ3) is 2.92. The maximum Gasteiger partial charge on any atom is 0.141 e. The Morgan fingerprint density at radius 1 is 1.15 bits per heavy atom. The van der Waals surface area contributed by atoms with Gasteiger partial charge in [0.2, 0.25) is 0 Å². The molecule has 0 saturated carbocycles. The number of anilines is 1. The molecule has 3 heteroatoms. The minimum absolute atomic E-state index is 0.397. The van der Waals surface area contributed by atoms with E-state index in [9.17, 15) is 5.26 Å².